The highest BCUT2D eigenvalue weighted by Gasteiger charge is 2.38. The third-order valence-corrected chi connectivity index (χ3v) is 5.07. The molecule has 1 N–H and O–H groups in total. The van der Waals surface area contributed by atoms with Crippen LogP contribution in [-0.2, 0) is 4.74 Å². The van der Waals surface area contributed by atoms with E-state index in [1.54, 1.807) is 36.4 Å². The Balaban J connectivity index is 1.68. The van der Waals surface area contributed by atoms with Gasteiger partial charge in [0.15, 0.2) is 5.78 Å². The van der Waals surface area contributed by atoms with Crippen molar-refractivity contribution in [2.24, 2.45) is 5.92 Å². The maximum absolute atomic E-state index is 13.7. The summed E-state index contributed by atoms with van der Waals surface area (Å²) in [5.41, 5.74) is 1.15. The van der Waals surface area contributed by atoms with E-state index in [9.17, 15) is 19.1 Å². The second-order valence-electron chi connectivity index (χ2n) is 7.07. The number of esters is 1. The smallest absolute Gasteiger partial charge is 0.337 e. The Kier molecular flexibility index (Phi) is 5.58. The normalized spacial score (nSPS) is 17.2. The molecular formula is C24H19FO6. The molecule has 4 rings (SSSR count). The molecule has 2 unspecified atom stereocenters. The molecule has 0 fully saturated rings. The monoisotopic (exact) mass is 422 g/mol. The number of hydrogen-bond donors (Lipinski definition) is 1. The molecule has 0 spiro atoms. The number of carbonyl (C=O) groups is 2. The van der Waals surface area contributed by atoms with E-state index in [1.165, 1.54) is 37.4 Å². The number of halogens is 1. The van der Waals surface area contributed by atoms with Gasteiger partial charge in [0.1, 0.15) is 35.8 Å². The molecule has 6 nitrogen and oxygen atoms in total. The van der Waals surface area contributed by atoms with Crippen molar-refractivity contribution in [2.45, 2.75) is 6.10 Å². The van der Waals surface area contributed by atoms with Crippen molar-refractivity contribution in [3.05, 3.63) is 89.2 Å². The van der Waals surface area contributed by atoms with Gasteiger partial charge >= 0.3 is 5.97 Å². The summed E-state index contributed by atoms with van der Waals surface area (Å²) < 4.78 is 30.2. The largest absolute Gasteiger partial charge is 0.508 e. The number of benzene rings is 3. The van der Waals surface area contributed by atoms with Crippen LogP contribution in [0, 0.1) is 11.7 Å². The minimum Gasteiger partial charge on any atom is -0.508 e. The number of phenolic OH excluding ortho intramolecular Hbond substituents is 1. The van der Waals surface area contributed by atoms with Crippen LogP contribution in [0.3, 0.4) is 0 Å². The lowest BCUT2D eigenvalue weighted by Crippen LogP contribution is -2.35. The zero-order chi connectivity index (χ0) is 22.0. The van der Waals surface area contributed by atoms with Gasteiger partial charge in [0.25, 0.3) is 0 Å². The van der Waals surface area contributed by atoms with Crippen LogP contribution in [0.2, 0.25) is 0 Å². The standard InChI is InChI=1S/C24H19FO6/c1-29-24(28)14-5-8-18(9-6-14)31-23-19-10-7-17(26)12-21(19)30-13-20(23)22(27)15-3-2-4-16(25)11-15/h2-12,20,23,26H,13H2,1H3. The first-order chi connectivity index (χ1) is 15.0. The topological polar surface area (TPSA) is 82.1 Å². The van der Waals surface area contributed by atoms with Crippen LogP contribution in [0.1, 0.15) is 32.4 Å². The van der Waals surface area contributed by atoms with Gasteiger partial charge in [-0.3, -0.25) is 4.79 Å². The first kappa shape index (κ1) is 20.4. The quantitative estimate of drug-likeness (QED) is 0.487. The summed E-state index contributed by atoms with van der Waals surface area (Å²) in [7, 11) is 1.30. The molecule has 0 radical (unpaired) electrons. The molecule has 0 saturated heterocycles. The lowest BCUT2D eigenvalue weighted by Gasteiger charge is -2.33. The second-order valence-corrected chi connectivity index (χ2v) is 7.07. The van der Waals surface area contributed by atoms with Crippen LogP contribution < -0.4 is 9.47 Å². The predicted molar refractivity (Wildman–Crippen MR) is 109 cm³/mol. The van der Waals surface area contributed by atoms with Gasteiger partial charge in [-0.1, -0.05) is 12.1 Å². The van der Waals surface area contributed by atoms with Crippen LogP contribution in [0.15, 0.2) is 66.7 Å². The average molecular weight is 422 g/mol. The van der Waals surface area contributed by atoms with Crippen LogP contribution in [0.4, 0.5) is 4.39 Å². The molecule has 1 heterocycles. The van der Waals surface area contributed by atoms with Gasteiger partial charge in [0, 0.05) is 17.2 Å². The Morgan fingerprint density at radius 2 is 1.81 bits per heavy atom. The van der Waals surface area contributed by atoms with Crippen molar-refractivity contribution in [3.63, 3.8) is 0 Å². The second kappa shape index (κ2) is 8.47. The summed E-state index contributed by atoms with van der Waals surface area (Å²) in [4.78, 5) is 24.8. The Hall–Kier alpha value is -3.87. The number of Topliss-reactive ketones (excluding diaryl/α,β-unsaturated/α-hetero) is 1. The van der Waals surface area contributed by atoms with Gasteiger partial charge in [-0.05, 0) is 48.5 Å². The number of phenols is 1. The van der Waals surface area contributed by atoms with Crippen molar-refractivity contribution < 1.29 is 33.3 Å². The van der Waals surface area contributed by atoms with E-state index in [-0.39, 0.29) is 23.7 Å². The third-order valence-electron chi connectivity index (χ3n) is 5.07. The number of aromatic hydroxyl groups is 1. The van der Waals surface area contributed by atoms with Gasteiger partial charge in [-0.25, -0.2) is 9.18 Å². The number of ether oxygens (including phenoxy) is 3. The Morgan fingerprint density at radius 3 is 2.52 bits per heavy atom. The fraction of sp³-hybridized carbons (Fsp3) is 0.167. The summed E-state index contributed by atoms with van der Waals surface area (Å²) in [6.45, 7) is -0.00326. The summed E-state index contributed by atoms with van der Waals surface area (Å²) in [6, 6.07) is 16.3. The fourth-order valence-corrected chi connectivity index (χ4v) is 3.52. The molecule has 3 aromatic rings. The Morgan fingerprint density at radius 1 is 1.03 bits per heavy atom. The summed E-state index contributed by atoms with van der Waals surface area (Å²) in [5, 5.41) is 9.78. The van der Waals surface area contributed by atoms with Gasteiger partial charge in [0.05, 0.1) is 18.6 Å². The zero-order valence-electron chi connectivity index (χ0n) is 16.6. The van der Waals surface area contributed by atoms with Gasteiger partial charge in [-0.15, -0.1) is 0 Å². The summed E-state index contributed by atoms with van der Waals surface area (Å²) in [6.07, 6.45) is -0.746. The molecule has 0 bridgehead atoms. The molecule has 1 aliphatic rings. The molecule has 7 heteroatoms. The highest BCUT2D eigenvalue weighted by atomic mass is 19.1. The summed E-state index contributed by atoms with van der Waals surface area (Å²) in [5.74, 6) is -1.21. The van der Waals surface area contributed by atoms with Crippen molar-refractivity contribution in [1.29, 1.82) is 0 Å². The van der Waals surface area contributed by atoms with E-state index in [0.29, 0.717) is 22.6 Å². The van der Waals surface area contributed by atoms with Crippen LogP contribution >= 0.6 is 0 Å². The lowest BCUT2D eigenvalue weighted by molar-refractivity contribution is 0.0516. The molecular weight excluding hydrogens is 403 g/mol. The third kappa shape index (κ3) is 4.21. The molecule has 0 saturated carbocycles. The number of fused-ring (bicyclic) bond motifs is 1. The molecule has 158 valence electrons. The van der Waals surface area contributed by atoms with Gasteiger partial charge < -0.3 is 19.3 Å². The van der Waals surface area contributed by atoms with Crippen molar-refractivity contribution in [1.82, 2.24) is 0 Å². The maximum atomic E-state index is 13.7. The fourth-order valence-electron chi connectivity index (χ4n) is 3.52. The van der Waals surface area contributed by atoms with Crippen molar-refractivity contribution in [3.8, 4) is 17.2 Å². The van der Waals surface area contributed by atoms with E-state index < -0.39 is 23.8 Å². The van der Waals surface area contributed by atoms with E-state index in [0.717, 1.165) is 0 Å². The van der Waals surface area contributed by atoms with Crippen LogP contribution in [-0.4, -0.2) is 30.6 Å². The molecule has 0 aliphatic carbocycles. The first-order valence-electron chi connectivity index (χ1n) is 9.57. The number of hydrogen-bond acceptors (Lipinski definition) is 6. The van der Waals surface area contributed by atoms with Crippen LogP contribution in [0.25, 0.3) is 0 Å². The SMILES string of the molecule is COC(=O)c1ccc(OC2c3ccc(O)cc3OCC2C(=O)c2cccc(F)c2)cc1. The predicted octanol–water partition coefficient (Wildman–Crippen LogP) is 4.33. The molecule has 2 atom stereocenters. The van der Waals surface area contributed by atoms with Crippen molar-refractivity contribution >= 4 is 11.8 Å². The minimum absolute atomic E-state index is 0.00326. The molecule has 31 heavy (non-hydrogen) atoms. The van der Waals surface area contributed by atoms with E-state index in [2.05, 4.69) is 0 Å². The zero-order valence-corrected chi connectivity index (χ0v) is 16.6. The number of ketones is 1. The maximum Gasteiger partial charge on any atom is 0.337 e. The minimum atomic E-state index is -0.751. The molecule has 0 amide bonds. The molecule has 3 aromatic carbocycles. The number of rotatable bonds is 5. The number of carbonyl (C=O) groups excluding carboxylic acids is 2. The van der Waals surface area contributed by atoms with Gasteiger partial charge in [0.2, 0.25) is 0 Å². The van der Waals surface area contributed by atoms with E-state index in [4.69, 9.17) is 14.2 Å². The lowest BCUT2D eigenvalue weighted by atomic mass is 9.86. The van der Waals surface area contributed by atoms with Crippen molar-refractivity contribution in [2.75, 3.05) is 13.7 Å². The van der Waals surface area contributed by atoms with E-state index in [1.807, 2.05) is 0 Å². The molecule has 0 aromatic heterocycles. The van der Waals surface area contributed by atoms with Crippen LogP contribution in [0.5, 0.6) is 17.2 Å². The highest BCUT2D eigenvalue weighted by Crippen LogP contribution is 2.41. The molecule has 1 aliphatic heterocycles. The van der Waals surface area contributed by atoms with Gasteiger partial charge in [-0.2, -0.15) is 0 Å². The first-order valence-corrected chi connectivity index (χ1v) is 9.57. The average Bonchev–Trinajstić information content (AvgIpc) is 2.78. The summed E-state index contributed by atoms with van der Waals surface area (Å²) >= 11 is 0. The Bertz CT molecular complexity index is 1130. The number of methoxy groups -OCH3 is 1. The van der Waals surface area contributed by atoms with E-state index >= 15 is 0 Å². The highest BCUT2D eigenvalue weighted by molar-refractivity contribution is 5.98. The Labute approximate surface area is 177 Å².